The average molecular weight is 682 g/mol. The number of halogens is 3. The largest absolute Gasteiger partial charge is 0.504 e. The molecule has 9 nitrogen and oxygen atoms in total. The molecule has 0 amide bonds. The van der Waals surface area contributed by atoms with Crippen molar-refractivity contribution in [2.45, 2.75) is 37.1 Å². The molecule has 1 unspecified atom stereocenters. The van der Waals surface area contributed by atoms with E-state index in [0.29, 0.717) is 22.9 Å². The van der Waals surface area contributed by atoms with Crippen molar-refractivity contribution in [2.75, 3.05) is 6.26 Å². The molecule has 0 fully saturated rings. The average Bonchev–Trinajstić information content (AvgIpc) is 3.67. The van der Waals surface area contributed by atoms with Crippen molar-refractivity contribution in [2.24, 2.45) is 7.05 Å². The van der Waals surface area contributed by atoms with E-state index in [2.05, 4.69) is 16.1 Å². The van der Waals surface area contributed by atoms with Gasteiger partial charge in [0.1, 0.15) is 10.3 Å². The lowest BCUT2D eigenvalue weighted by molar-refractivity contribution is -0.212. The molecule has 0 saturated heterocycles. The number of nitrogens with one attached hydrogen (secondary N) is 1. The third-order valence-corrected chi connectivity index (χ3v) is 11.7. The number of thioether (sulfide) groups is 1. The van der Waals surface area contributed by atoms with Crippen molar-refractivity contribution in [3.63, 3.8) is 0 Å². The minimum Gasteiger partial charge on any atom is -0.327 e. The van der Waals surface area contributed by atoms with E-state index in [1.54, 1.807) is 44.1 Å². The number of hydrogen-bond acceptors (Lipinski definition) is 6. The Balaban J connectivity index is 1.49. The first-order valence-electron chi connectivity index (χ1n) is 14.4. The number of aromatic amines is 1. The Hall–Kier alpha value is -4.56. The number of nitrogens with zero attached hydrogens (tertiary/aromatic N) is 4. The molecule has 0 radical (unpaired) electrons. The zero-order chi connectivity index (χ0) is 33.9. The molecule has 4 aromatic heterocycles. The fourth-order valence-corrected chi connectivity index (χ4v) is 8.41. The van der Waals surface area contributed by atoms with Gasteiger partial charge in [0.25, 0.3) is 11.1 Å². The van der Waals surface area contributed by atoms with E-state index >= 15 is 0 Å². The summed E-state index contributed by atoms with van der Waals surface area (Å²) in [6, 6.07) is 12.4. The van der Waals surface area contributed by atoms with E-state index in [4.69, 9.17) is 0 Å². The summed E-state index contributed by atoms with van der Waals surface area (Å²) in [6.45, 7) is 3.17. The van der Waals surface area contributed by atoms with Crippen LogP contribution >= 0.6 is 11.8 Å². The molecule has 244 valence electrons. The van der Waals surface area contributed by atoms with Crippen LogP contribution in [-0.2, 0) is 29.1 Å². The maximum Gasteiger partial charge on any atom is 0.504 e. The van der Waals surface area contributed by atoms with Gasteiger partial charge in [0.15, 0.2) is 0 Å². The minimum atomic E-state index is -4.82. The molecule has 4 heterocycles. The molecule has 47 heavy (non-hydrogen) atoms. The molecule has 14 heteroatoms. The standard InChI is InChI=1S/C33H30F3N5O4S2/c1-20-12-23(26-15-29(42)39(3)18-27(26)22-7-5-6-21(13-22)19-46-4)8-10-32(20,2)47(44,45)41-28(14-24-9-11-37-31(43)30(24)41)25-16-38-40(17-25)33(34,35)36/h5-9,11-18H,10,19H2,1-4H3,(H,37,43). The topological polar surface area (TPSA) is 112 Å². The van der Waals surface area contributed by atoms with Crippen LogP contribution in [0.4, 0.5) is 13.2 Å². The number of aryl methyl sites for hydroxylation is 1. The second-order valence-electron chi connectivity index (χ2n) is 11.7. The monoisotopic (exact) mass is 681 g/mol. The molecular formula is C33H30F3N5O4S2. The second-order valence-corrected chi connectivity index (χ2v) is 14.7. The normalized spacial score (nSPS) is 17.2. The maximum atomic E-state index is 14.7. The van der Waals surface area contributed by atoms with Gasteiger partial charge in [-0.3, -0.25) is 9.59 Å². The summed E-state index contributed by atoms with van der Waals surface area (Å²) in [7, 11) is -2.85. The summed E-state index contributed by atoms with van der Waals surface area (Å²) in [5.74, 6) is 0.808. The Labute approximate surface area is 272 Å². The van der Waals surface area contributed by atoms with E-state index in [0.717, 1.165) is 32.6 Å². The lowest BCUT2D eigenvalue weighted by atomic mass is 9.85. The van der Waals surface area contributed by atoms with Crippen molar-refractivity contribution in [1.29, 1.82) is 0 Å². The van der Waals surface area contributed by atoms with Crippen molar-refractivity contribution in [1.82, 2.24) is 23.3 Å². The highest BCUT2D eigenvalue weighted by molar-refractivity contribution is 7.97. The van der Waals surface area contributed by atoms with Crippen LogP contribution in [0.2, 0.25) is 0 Å². The number of alkyl halides is 3. The first-order chi connectivity index (χ1) is 22.2. The highest BCUT2D eigenvalue weighted by Gasteiger charge is 2.45. The third kappa shape index (κ3) is 5.48. The highest BCUT2D eigenvalue weighted by Crippen LogP contribution is 2.43. The van der Waals surface area contributed by atoms with Gasteiger partial charge in [-0.15, -0.1) is 13.2 Å². The predicted molar refractivity (Wildman–Crippen MR) is 178 cm³/mol. The SMILES string of the molecule is CSCc1cccc(-c2cn(C)c(=O)cc2C2=CCC(C)(S(=O)(=O)n3c(-c4cnn(C(F)(F)F)c4)cc4cc[nH]c(=O)c43)C(C)=C2)c1. The van der Waals surface area contributed by atoms with Crippen molar-refractivity contribution < 1.29 is 21.6 Å². The number of allylic oxidation sites excluding steroid dienone is 3. The van der Waals surface area contributed by atoms with Crippen molar-refractivity contribution in [3.8, 4) is 22.4 Å². The molecule has 0 aliphatic heterocycles. The summed E-state index contributed by atoms with van der Waals surface area (Å²) >= 11 is 1.69. The van der Waals surface area contributed by atoms with Gasteiger partial charge in [-0.05, 0) is 66.5 Å². The lowest BCUT2D eigenvalue weighted by Gasteiger charge is -2.34. The molecule has 0 spiro atoms. The Kier molecular flexibility index (Phi) is 7.99. The van der Waals surface area contributed by atoms with E-state index < -0.39 is 26.6 Å². The van der Waals surface area contributed by atoms with Crippen LogP contribution in [0.1, 0.15) is 31.4 Å². The Morgan fingerprint density at radius 1 is 1.06 bits per heavy atom. The first-order valence-corrected chi connectivity index (χ1v) is 17.3. The zero-order valence-corrected chi connectivity index (χ0v) is 27.4. The number of aromatic nitrogens is 5. The predicted octanol–water partition coefficient (Wildman–Crippen LogP) is 6.27. The van der Waals surface area contributed by atoms with Crippen molar-refractivity contribution in [3.05, 3.63) is 117 Å². The smallest absolute Gasteiger partial charge is 0.327 e. The second kappa shape index (κ2) is 11.6. The van der Waals surface area contributed by atoms with Gasteiger partial charge in [-0.1, -0.05) is 36.4 Å². The molecule has 1 aliphatic carbocycles. The van der Waals surface area contributed by atoms with Gasteiger partial charge >= 0.3 is 6.30 Å². The first kappa shape index (κ1) is 32.4. The van der Waals surface area contributed by atoms with Crippen LogP contribution in [-0.4, -0.2) is 42.7 Å². The molecule has 0 bridgehead atoms. The number of rotatable bonds is 7. The number of hydrogen-bond donors (Lipinski definition) is 1. The molecule has 6 rings (SSSR count). The zero-order valence-electron chi connectivity index (χ0n) is 25.8. The van der Waals surface area contributed by atoms with Crippen LogP contribution in [0, 0.1) is 0 Å². The van der Waals surface area contributed by atoms with Gasteiger partial charge in [-0.25, -0.2) is 12.4 Å². The molecule has 1 aliphatic rings. The van der Waals surface area contributed by atoms with E-state index in [9.17, 15) is 31.2 Å². The molecule has 1 N–H and O–H groups in total. The summed E-state index contributed by atoms with van der Waals surface area (Å²) in [4.78, 5) is 28.4. The van der Waals surface area contributed by atoms with Crippen LogP contribution in [0.5, 0.6) is 0 Å². The van der Waals surface area contributed by atoms with Crippen LogP contribution in [0.25, 0.3) is 38.9 Å². The summed E-state index contributed by atoms with van der Waals surface area (Å²) in [5.41, 5.74) is 3.09. The van der Waals surface area contributed by atoms with E-state index in [1.165, 1.54) is 35.9 Å². The summed E-state index contributed by atoms with van der Waals surface area (Å²) < 4.78 is 70.2. The van der Waals surface area contributed by atoms with Crippen molar-refractivity contribution >= 4 is 38.3 Å². The number of pyridine rings is 2. The molecular weight excluding hydrogens is 652 g/mol. The van der Waals surface area contributed by atoms with Gasteiger partial charge in [0.05, 0.1) is 11.9 Å². The Bertz CT molecular complexity index is 2350. The van der Waals surface area contributed by atoms with Gasteiger partial charge in [0, 0.05) is 54.0 Å². The van der Waals surface area contributed by atoms with Gasteiger partial charge < -0.3 is 9.55 Å². The van der Waals surface area contributed by atoms with Gasteiger partial charge in [0.2, 0.25) is 10.0 Å². The summed E-state index contributed by atoms with van der Waals surface area (Å²) in [6.07, 6.45) is 5.30. The number of H-pyrrole nitrogens is 1. The fourth-order valence-electron chi connectivity index (χ4n) is 5.88. The lowest BCUT2D eigenvalue weighted by Crippen LogP contribution is -2.42. The highest BCUT2D eigenvalue weighted by atomic mass is 32.2. The Morgan fingerprint density at radius 3 is 2.51 bits per heavy atom. The minimum absolute atomic E-state index is 0.0418. The Morgan fingerprint density at radius 2 is 1.83 bits per heavy atom. The summed E-state index contributed by atoms with van der Waals surface area (Å²) in [5, 5.41) is 3.61. The van der Waals surface area contributed by atoms with E-state index in [-0.39, 0.29) is 38.8 Å². The van der Waals surface area contributed by atoms with Crippen LogP contribution < -0.4 is 11.1 Å². The number of benzene rings is 1. The van der Waals surface area contributed by atoms with Crippen LogP contribution in [0.3, 0.4) is 0 Å². The molecule has 1 aromatic carbocycles. The van der Waals surface area contributed by atoms with E-state index in [1.807, 2.05) is 24.5 Å². The third-order valence-electron chi connectivity index (χ3n) is 8.63. The molecule has 1 atom stereocenters. The maximum absolute atomic E-state index is 14.7. The quantitative estimate of drug-likeness (QED) is 0.217. The van der Waals surface area contributed by atoms with Crippen LogP contribution in [0.15, 0.2) is 94.6 Å². The van der Waals surface area contributed by atoms with Gasteiger partial charge in [-0.2, -0.15) is 21.5 Å². The fraction of sp³-hybridized carbons (Fsp3) is 0.242. The molecule has 5 aromatic rings. The number of fused-ring (bicyclic) bond motifs is 1. The molecule has 0 saturated carbocycles.